The molecule has 1 aromatic heterocycles. The number of rotatable bonds is 3. The van der Waals surface area contributed by atoms with E-state index >= 15 is 0 Å². The van der Waals surface area contributed by atoms with Gasteiger partial charge in [0.1, 0.15) is 0 Å². The van der Waals surface area contributed by atoms with Gasteiger partial charge in [0.05, 0.1) is 0 Å². The largest absolute Gasteiger partial charge is 0.145 e. The molecule has 0 unspecified atom stereocenters. The van der Waals surface area contributed by atoms with Crippen LogP contribution in [0, 0.1) is 0 Å². The maximum atomic E-state index is 2.41. The lowest BCUT2D eigenvalue weighted by atomic mass is 10.3. The van der Waals surface area contributed by atoms with Gasteiger partial charge in [-0.1, -0.05) is 21.8 Å². The van der Waals surface area contributed by atoms with Crippen molar-refractivity contribution in [1.82, 2.24) is 0 Å². The average Bonchev–Trinajstić information content (AvgIpc) is 2.47. The van der Waals surface area contributed by atoms with Gasteiger partial charge in [-0.2, -0.15) is 0 Å². The van der Waals surface area contributed by atoms with Gasteiger partial charge in [-0.25, -0.2) is 0 Å². The van der Waals surface area contributed by atoms with E-state index in [4.69, 9.17) is 0 Å². The van der Waals surface area contributed by atoms with Crippen molar-refractivity contribution in [3.05, 3.63) is 15.8 Å². The van der Waals surface area contributed by atoms with Crippen LogP contribution in [0.2, 0.25) is 0 Å². The minimum Gasteiger partial charge on any atom is -0.145 e. The SMILES string of the molecule is CCc1cc(P(C)C)c(CC)s1. The fourth-order valence-corrected chi connectivity index (χ4v) is 4.07. The van der Waals surface area contributed by atoms with Crippen LogP contribution in [0.5, 0.6) is 0 Å². The highest BCUT2D eigenvalue weighted by Gasteiger charge is 2.08. The molecule has 0 atom stereocenters. The van der Waals surface area contributed by atoms with Gasteiger partial charge in [0.2, 0.25) is 0 Å². The van der Waals surface area contributed by atoms with Crippen LogP contribution >= 0.6 is 19.3 Å². The van der Waals surface area contributed by atoms with Gasteiger partial charge in [0, 0.05) is 9.75 Å². The second kappa shape index (κ2) is 4.39. The van der Waals surface area contributed by atoms with Gasteiger partial charge < -0.3 is 0 Å². The molecule has 12 heavy (non-hydrogen) atoms. The van der Waals surface area contributed by atoms with Gasteiger partial charge in [-0.05, 0) is 37.5 Å². The van der Waals surface area contributed by atoms with E-state index in [9.17, 15) is 0 Å². The zero-order chi connectivity index (χ0) is 9.14. The first-order chi connectivity index (χ1) is 5.69. The van der Waals surface area contributed by atoms with Crippen molar-refractivity contribution in [2.45, 2.75) is 26.7 Å². The molecule has 0 saturated heterocycles. The van der Waals surface area contributed by atoms with Gasteiger partial charge >= 0.3 is 0 Å². The lowest BCUT2D eigenvalue weighted by molar-refractivity contribution is 1.19. The standard InChI is InChI=1S/C10H17PS/c1-5-8-7-9(11(3)4)10(6-2)12-8/h7H,5-6H2,1-4H3. The smallest absolute Gasteiger partial charge is 0.0122 e. The average molecular weight is 200 g/mol. The molecule has 0 nitrogen and oxygen atoms in total. The Morgan fingerprint density at radius 1 is 1.25 bits per heavy atom. The Bertz CT molecular complexity index is 250. The van der Waals surface area contributed by atoms with E-state index in [0.29, 0.717) is 0 Å². The normalized spacial score (nSPS) is 11.1. The van der Waals surface area contributed by atoms with Crippen LogP contribution < -0.4 is 5.30 Å². The molecule has 0 aliphatic carbocycles. The number of hydrogen-bond acceptors (Lipinski definition) is 1. The number of hydrogen-bond donors (Lipinski definition) is 0. The Balaban J connectivity index is 3.00. The monoisotopic (exact) mass is 200 g/mol. The predicted octanol–water partition coefficient (Wildman–Crippen LogP) is 3.24. The summed E-state index contributed by atoms with van der Waals surface area (Å²) in [5, 5.41) is 1.63. The van der Waals surface area contributed by atoms with E-state index < -0.39 is 0 Å². The second-order valence-corrected chi connectivity index (χ2v) is 6.61. The minimum absolute atomic E-state index is 0.103. The first-order valence-electron chi connectivity index (χ1n) is 4.47. The Labute approximate surface area is 80.8 Å². The molecular weight excluding hydrogens is 183 g/mol. The Hall–Kier alpha value is 0.130. The molecule has 68 valence electrons. The van der Waals surface area contributed by atoms with E-state index in [1.807, 2.05) is 11.3 Å². The quantitative estimate of drug-likeness (QED) is 0.657. The summed E-state index contributed by atoms with van der Waals surface area (Å²) in [5.74, 6) is 0. The maximum Gasteiger partial charge on any atom is 0.0122 e. The highest BCUT2D eigenvalue weighted by Crippen LogP contribution is 2.30. The summed E-state index contributed by atoms with van der Waals surface area (Å²) in [5.41, 5.74) is 0. The van der Waals surface area contributed by atoms with Crippen molar-refractivity contribution in [2.24, 2.45) is 0 Å². The van der Waals surface area contributed by atoms with Crippen LogP contribution in [-0.2, 0) is 12.8 Å². The zero-order valence-electron chi connectivity index (χ0n) is 8.35. The number of aryl methyl sites for hydroxylation is 2. The summed E-state index contributed by atoms with van der Waals surface area (Å²) in [4.78, 5) is 3.17. The molecule has 0 radical (unpaired) electrons. The molecule has 0 amide bonds. The van der Waals surface area contributed by atoms with E-state index in [-0.39, 0.29) is 7.92 Å². The Morgan fingerprint density at radius 2 is 1.92 bits per heavy atom. The first-order valence-corrected chi connectivity index (χ1v) is 7.53. The molecule has 0 spiro atoms. The van der Waals surface area contributed by atoms with E-state index in [0.717, 1.165) is 0 Å². The van der Waals surface area contributed by atoms with Crippen LogP contribution in [0.15, 0.2) is 6.07 Å². The molecule has 1 rings (SSSR count). The molecule has 0 aliphatic heterocycles. The third-order valence-electron chi connectivity index (χ3n) is 1.99. The van der Waals surface area contributed by atoms with Crippen LogP contribution in [-0.4, -0.2) is 13.3 Å². The molecule has 2 heteroatoms. The summed E-state index contributed by atoms with van der Waals surface area (Å²) < 4.78 is 0. The second-order valence-electron chi connectivity index (χ2n) is 3.12. The van der Waals surface area contributed by atoms with Gasteiger partial charge in [-0.15, -0.1) is 11.3 Å². The molecule has 0 N–H and O–H groups in total. The lowest BCUT2D eigenvalue weighted by Gasteiger charge is -2.04. The van der Waals surface area contributed by atoms with Crippen molar-refractivity contribution < 1.29 is 0 Å². The highest BCUT2D eigenvalue weighted by molar-refractivity contribution is 7.64. The molecule has 1 heterocycles. The summed E-state index contributed by atoms with van der Waals surface area (Å²) in [6.45, 7) is 9.18. The first kappa shape index (κ1) is 10.2. The summed E-state index contributed by atoms with van der Waals surface area (Å²) >= 11 is 2.00. The fraction of sp³-hybridized carbons (Fsp3) is 0.600. The summed E-state index contributed by atoms with van der Waals surface area (Å²) in [6.07, 6.45) is 2.40. The fourth-order valence-electron chi connectivity index (χ4n) is 1.28. The third kappa shape index (κ3) is 2.08. The molecule has 1 aromatic rings. The Morgan fingerprint density at radius 3 is 2.25 bits per heavy atom. The summed E-state index contributed by atoms with van der Waals surface area (Å²) in [7, 11) is 0.103. The molecule has 0 aliphatic rings. The maximum absolute atomic E-state index is 2.41. The van der Waals surface area contributed by atoms with Crippen molar-refractivity contribution in [2.75, 3.05) is 13.3 Å². The molecule has 0 aromatic carbocycles. The van der Waals surface area contributed by atoms with Gasteiger partial charge in [0.25, 0.3) is 0 Å². The zero-order valence-corrected chi connectivity index (χ0v) is 10.1. The third-order valence-corrected chi connectivity index (χ3v) is 4.93. The van der Waals surface area contributed by atoms with Crippen molar-refractivity contribution in [3.8, 4) is 0 Å². The molecule has 0 bridgehead atoms. The van der Waals surface area contributed by atoms with Gasteiger partial charge in [0.15, 0.2) is 0 Å². The topological polar surface area (TPSA) is 0 Å². The van der Waals surface area contributed by atoms with Crippen LogP contribution in [0.4, 0.5) is 0 Å². The minimum atomic E-state index is 0.103. The van der Waals surface area contributed by atoms with Crippen LogP contribution in [0.1, 0.15) is 23.6 Å². The van der Waals surface area contributed by atoms with Gasteiger partial charge in [-0.3, -0.25) is 0 Å². The Kier molecular flexibility index (Phi) is 3.74. The van der Waals surface area contributed by atoms with Crippen LogP contribution in [0.25, 0.3) is 0 Å². The van der Waals surface area contributed by atoms with Crippen molar-refractivity contribution in [1.29, 1.82) is 0 Å². The predicted molar refractivity (Wildman–Crippen MR) is 61.5 cm³/mol. The lowest BCUT2D eigenvalue weighted by Crippen LogP contribution is -2.00. The molecular formula is C10H17PS. The summed E-state index contributed by atoms with van der Waals surface area (Å²) in [6, 6.07) is 2.41. The number of thiophene rings is 1. The van der Waals surface area contributed by atoms with E-state index in [2.05, 4.69) is 33.2 Å². The van der Waals surface area contributed by atoms with Crippen molar-refractivity contribution >= 4 is 24.6 Å². The molecule has 0 saturated carbocycles. The molecule has 0 fully saturated rings. The van der Waals surface area contributed by atoms with Crippen molar-refractivity contribution in [3.63, 3.8) is 0 Å². The van der Waals surface area contributed by atoms with E-state index in [1.165, 1.54) is 12.8 Å². The highest BCUT2D eigenvalue weighted by atomic mass is 32.1. The van der Waals surface area contributed by atoms with Crippen LogP contribution in [0.3, 0.4) is 0 Å². The van der Waals surface area contributed by atoms with E-state index in [1.54, 1.807) is 15.1 Å².